The van der Waals surface area contributed by atoms with Crippen molar-refractivity contribution in [2.45, 2.75) is 37.9 Å². The van der Waals surface area contributed by atoms with Gasteiger partial charge < -0.3 is 10.2 Å². The molecular weight excluding hydrogens is 212 g/mol. The average Bonchev–Trinajstić information content (AvgIpc) is 2.95. The summed E-state index contributed by atoms with van der Waals surface area (Å²) < 4.78 is 1.88. The number of aryl methyl sites for hydroxylation is 1. The predicted molar refractivity (Wildman–Crippen MR) is 67.6 cm³/mol. The van der Waals surface area contributed by atoms with Gasteiger partial charge in [0.2, 0.25) is 0 Å². The van der Waals surface area contributed by atoms with Crippen LogP contribution >= 0.6 is 0 Å². The third-order valence-corrected chi connectivity index (χ3v) is 4.19. The zero-order valence-electron chi connectivity index (χ0n) is 10.8. The SMILES string of the molecule is CN(Cc1cnn(C)c1)CC1CC2CCC1N2. The van der Waals surface area contributed by atoms with E-state index in [-0.39, 0.29) is 0 Å². The minimum Gasteiger partial charge on any atom is -0.311 e. The van der Waals surface area contributed by atoms with Crippen LogP contribution in [0.3, 0.4) is 0 Å². The lowest BCUT2D eigenvalue weighted by molar-refractivity contribution is 0.242. The highest BCUT2D eigenvalue weighted by molar-refractivity contribution is 5.04. The summed E-state index contributed by atoms with van der Waals surface area (Å²) in [6, 6.07) is 1.60. The summed E-state index contributed by atoms with van der Waals surface area (Å²) in [7, 11) is 4.20. The molecule has 0 aromatic carbocycles. The number of nitrogens with one attached hydrogen (secondary N) is 1. The van der Waals surface area contributed by atoms with E-state index in [2.05, 4.69) is 28.6 Å². The van der Waals surface area contributed by atoms with Crippen molar-refractivity contribution in [1.82, 2.24) is 20.0 Å². The second-order valence-corrected chi connectivity index (χ2v) is 5.76. The number of hydrogen-bond donors (Lipinski definition) is 1. The van der Waals surface area contributed by atoms with Gasteiger partial charge in [0.05, 0.1) is 6.20 Å². The maximum Gasteiger partial charge on any atom is 0.0534 e. The van der Waals surface area contributed by atoms with Crippen molar-refractivity contribution >= 4 is 0 Å². The molecule has 0 spiro atoms. The summed E-state index contributed by atoms with van der Waals surface area (Å²) in [6.07, 6.45) is 8.23. The molecule has 17 heavy (non-hydrogen) atoms. The second-order valence-electron chi connectivity index (χ2n) is 5.76. The van der Waals surface area contributed by atoms with Gasteiger partial charge >= 0.3 is 0 Å². The van der Waals surface area contributed by atoms with Gasteiger partial charge in [-0.05, 0) is 32.2 Å². The predicted octanol–water partition coefficient (Wildman–Crippen LogP) is 0.992. The fraction of sp³-hybridized carbons (Fsp3) is 0.769. The highest BCUT2D eigenvalue weighted by atomic mass is 15.2. The van der Waals surface area contributed by atoms with Crippen molar-refractivity contribution < 1.29 is 0 Å². The van der Waals surface area contributed by atoms with Crippen LogP contribution in [0.25, 0.3) is 0 Å². The molecule has 94 valence electrons. The standard InChI is InChI=1S/C13H22N4/c1-16(7-10-6-14-17(2)8-10)9-11-5-12-3-4-13(11)15-12/h6,8,11-13,15H,3-5,7,9H2,1-2H3. The van der Waals surface area contributed by atoms with Crippen molar-refractivity contribution in [3.8, 4) is 0 Å². The molecule has 2 fully saturated rings. The number of fused-ring (bicyclic) bond motifs is 2. The summed E-state index contributed by atoms with van der Waals surface area (Å²) >= 11 is 0. The average molecular weight is 234 g/mol. The maximum absolute atomic E-state index is 4.22. The normalized spacial score (nSPS) is 31.6. The lowest BCUT2D eigenvalue weighted by Crippen LogP contribution is -2.32. The maximum atomic E-state index is 4.22. The third kappa shape index (κ3) is 2.38. The van der Waals surface area contributed by atoms with E-state index in [1.54, 1.807) is 0 Å². The summed E-state index contributed by atoms with van der Waals surface area (Å²) in [6.45, 7) is 2.23. The third-order valence-electron chi connectivity index (χ3n) is 4.19. The number of hydrogen-bond acceptors (Lipinski definition) is 3. The van der Waals surface area contributed by atoms with E-state index in [1.165, 1.54) is 31.4 Å². The van der Waals surface area contributed by atoms with E-state index in [9.17, 15) is 0 Å². The van der Waals surface area contributed by atoms with E-state index >= 15 is 0 Å². The fourth-order valence-electron chi connectivity index (χ4n) is 3.47. The van der Waals surface area contributed by atoms with Gasteiger partial charge in [-0.1, -0.05) is 0 Å². The smallest absolute Gasteiger partial charge is 0.0534 e. The Balaban J connectivity index is 1.52. The molecule has 4 heteroatoms. The Kier molecular flexibility index (Phi) is 2.92. The van der Waals surface area contributed by atoms with Crippen LogP contribution in [0, 0.1) is 5.92 Å². The van der Waals surface area contributed by atoms with Crippen LogP contribution in [0.1, 0.15) is 24.8 Å². The molecule has 2 aliphatic heterocycles. The first-order valence-electron chi connectivity index (χ1n) is 6.63. The molecule has 4 nitrogen and oxygen atoms in total. The Hall–Kier alpha value is -0.870. The molecule has 0 saturated carbocycles. The van der Waals surface area contributed by atoms with Crippen LogP contribution in [-0.2, 0) is 13.6 Å². The zero-order valence-corrected chi connectivity index (χ0v) is 10.8. The first kappa shape index (κ1) is 11.2. The molecule has 2 aliphatic rings. The van der Waals surface area contributed by atoms with Gasteiger partial charge in [0.1, 0.15) is 0 Å². The molecule has 1 aromatic rings. The Morgan fingerprint density at radius 3 is 3.00 bits per heavy atom. The van der Waals surface area contributed by atoms with Crippen molar-refractivity contribution in [3.05, 3.63) is 18.0 Å². The Morgan fingerprint density at radius 1 is 1.53 bits per heavy atom. The summed E-state index contributed by atoms with van der Waals surface area (Å²) in [5, 5.41) is 7.93. The van der Waals surface area contributed by atoms with Gasteiger partial charge in [-0.3, -0.25) is 4.68 Å². The molecule has 2 saturated heterocycles. The Labute approximate surface area is 103 Å². The van der Waals surface area contributed by atoms with Gasteiger partial charge in [-0.25, -0.2) is 0 Å². The molecule has 3 atom stereocenters. The molecule has 3 heterocycles. The molecule has 3 unspecified atom stereocenters. The van der Waals surface area contributed by atoms with Crippen LogP contribution in [0.2, 0.25) is 0 Å². The Morgan fingerprint density at radius 2 is 2.41 bits per heavy atom. The molecule has 3 rings (SSSR count). The fourth-order valence-corrected chi connectivity index (χ4v) is 3.47. The topological polar surface area (TPSA) is 33.1 Å². The first-order chi connectivity index (χ1) is 8.20. The molecular formula is C13H22N4. The van der Waals surface area contributed by atoms with Gasteiger partial charge in [-0.2, -0.15) is 5.10 Å². The largest absolute Gasteiger partial charge is 0.311 e. The quantitative estimate of drug-likeness (QED) is 0.843. The molecule has 0 amide bonds. The van der Waals surface area contributed by atoms with E-state index in [0.29, 0.717) is 0 Å². The van der Waals surface area contributed by atoms with Gasteiger partial charge in [0, 0.05) is 44.0 Å². The summed E-state index contributed by atoms with van der Waals surface area (Å²) in [5.74, 6) is 0.857. The molecule has 1 N–H and O–H groups in total. The highest BCUT2D eigenvalue weighted by Gasteiger charge is 2.39. The monoisotopic (exact) mass is 234 g/mol. The van der Waals surface area contributed by atoms with E-state index in [4.69, 9.17) is 0 Å². The van der Waals surface area contributed by atoms with Crippen molar-refractivity contribution in [3.63, 3.8) is 0 Å². The van der Waals surface area contributed by atoms with Crippen LogP contribution in [0.4, 0.5) is 0 Å². The number of nitrogens with zero attached hydrogens (tertiary/aromatic N) is 3. The minimum atomic E-state index is 0.788. The first-order valence-corrected chi connectivity index (χ1v) is 6.63. The van der Waals surface area contributed by atoms with E-state index < -0.39 is 0 Å². The lowest BCUT2D eigenvalue weighted by Gasteiger charge is -2.25. The highest BCUT2D eigenvalue weighted by Crippen LogP contribution is 2.33. The second kappa shape index (κ2) is 4.42. The van der Waals surface area contributed by atoms with E-state index in [0.717, 1.165) is 24.5 Å². The number of rotatable bonds is 4. The van der Waals surface area contributed by atoms with Crippen LogP contribution in [-0.4, -0.2) is 40.4 Å². The molecule has 0 radical (unpaired) electrons. The molecule has 2 bridgehead atoms. The minimum absolute atomic E-state index is 0.788. The van der Waals surface area contributed by atoms with E-state index in [1.807, 2.05) is 17.9 Å². The Bertz CT molecular complexity index is 387. The van der Waals surface area contributed by atoms with Crippen molar-refractivity contribution in [1.29, 1.82) is 0 Å². The summed E-state index contributed by atoms with van der Waals surface area (Å²) in [4.78, 5) is 2.43. The van der Waals surface area contributed by atoms with Gasteiger partial charge in [-0.15, -0.1) is 0 Å². The van der Waals surface area contributed by atoms with Gasteiger partial charge in [0.15, 0.2) is 0 Å². The zero-order chi connectivity index (χ0) is 11.8. The van der Waals surface area contributed by atoms with Crippen molar-refractivity contribution in [2.24, 2.45) is 13.0 Å². The molecule has 0 aliphatic carbocycles. The van der Waals surface area contributed by atoms with Crippen LogP contribution < -0.4 is 5.32 Å². The number of aromatic nitrogens is 2. The summed E-state index contributed by atoms with van der Waals surface area (Å²) in [5.41, 5.74) is 1.31. The van der Waals surface area contributed by atoms with Crippen molar-refractivity contribution in [2.75, 3.05) is 13.6 Å². The van der Waals surface area contributed by atoms with Crippen LogP contribution in [0.15, 0.2) is 12.4 Å². The van der Waals surface area contributed by atoms with Crippen LogP contribution in [0.5, 0.6) is 0 Å². The lowest BCUT2D eigenvalue weighted by atomic mass is 9.89. The van der Waals surface area contributed by atoms with Gasteiger partial charge in [0.25, 0.3) is 0 Å². The molecule has 1 aromatic heterocycles.